The summed E-state index contributed by atoms with van der Waals surface area (Å²) >= 11 is 0. The van der Waals surface area contributed by atoms with Gasteiger partial charge in [-0.3, -0.25) is 4.79 Å². The highest BCUT2D eigenvalue weighted by Gasteiger charge is 2.04. The van der Waals surface area contributed by atoms with Crippen molar-refractivity contribution in [2.24, 2.45) is 5.10 Å². The Bertz CT molecular complexity index is 862. The van der Waals surface area contributed by atoms with Crippen LogP contribution in [0.2, 0.25) is 0 Å². The molecule has 0 saturated heterocycles. The Labute approximate surface area is 141 Å². The van der Waals surface area contributed by atoms with Gasteiger partial charge in [0.1, 0.15) is 0 Å². The van der Waals surface area contributed by atoms with Crippen molar-refractivity contribution < 1.29 is 4.79 Å². The molecule has 1 N–H and O–H groups in total. The van der Waals surface area contributed by atoms with Crippen LogP contribution in [0.1, 0.15) is 27.2 Å². The van der Waals surface area contributed by atoms with E-state index < -0.39 is 0 Å². The molecule has 3 aromatic rings. The fourth-order valence-corrected chi connectivity index (χ4v) is 2.47. The molecule has 0 aliphatic rings. The third kappa shape index (κ3) is 3.60. The predicted molar refractivity (Wildman–Crippen MR) is 96.7 cm³/mol. The molecule has 4 nitrogen and oxygen atoms in total. The normalized spacial score (nSPS) is 10.9. The Morgan fingerprint density at radius 2 is 1.75 bits per heavy atom. The van der Waals surface area contributed by atoms with Gasteiger partial charge in [0.25, 0.3) is 5.91 Å². The number of carbonyl (C=O) groups is 1. The lowest BCUT2D eigenvalue weighted by Crippen LogP contribution is -2.17. The summed E-state index contributed by atoms with van der Waals surface area (Å²) in [7, 11) is 0. The van der Waals surface area contributed by atoms with Crippen molar-refractivity contribution in [2.75, 3.05) is 0 Å². The molecule has 0 aliphatic heterocycles. The summed E-state index contributed by atoms with van der Waals surface area (Å²) in [6.45, 7) is 4.02. The van der Waals surface area contributed by atoms with Crippen LogP contribution >= 0.6 is 0 Å². The lowest BCUT2D eigenvalue weighted by atomic mass is 10.1. The second-order valence-electron chi connectivity index (χ2n) is 5.69. The van der Waals surface area contributed by atoms with Gasteiger partial charge < -0.3 is 4.57 Å². The van der Waals surface area contributed by atoms with E-state index >= 15 is 0 Å². The van der Waals surface area contributed by atoms with Crippen molar-refractivity contribution >= 4 is 12.1 Å². The van der Waals surface area contributed by atoms with Crippen LogP contribution in [0.15, 0.2) is 72.0 Å². The summed E-state index contributed by atoms with van der Waals surface area (Å²) in [4.78, 5) is 12.0. The Hall–Kier alpha value is -3.14. The zero-order valence-corrected chi connectivity index (χ0v) is 13.7. The largest absolute Gasteiger partial charge is 0.321 e. The van der Waals surface area contributed by atoms with Gasteiger partial charge in [0, 0.05) is 28.7 Å². The van der Waals surface area contributed by atoms with Crippen LogP contribution in [0.5, 0.6) is 0 Å². The van der Waals surface area contributed by atoms with Crippen LogP contribution in [-0.2, 0) is 0 Å². The summed E-state index contributed by atoms with van der Waals surface area (Å²) in [6.07, 6.45) is 3.64. The van der Waals surface area contributed by atoms with Crippen molar-refractivity contribution in [3.05, 3.63) is 89.2 Å². The van der Waals surface area contributed by atoms with Crippen molar-refractivity contribution in [3.63, 3.8) is 0 Å². The van der Waals surface area contributed by atoms with Crippen molar-refractivity contribution in [2.45, 2.75) is 13.8 Å². The number of hydrazone groups is 1. The van der Waals surface area contributed by atoms with Crippen LogP contribution in [-0.4, -0.2) is 16.7 Å². The number of hydrogen-bond acceptors (Lipinski definition) is 2. The summed E-state index contributed by atoms with van der Waals surface area (Å²) in [5, 5.41) is 4.05. The number of amides is 1. The van der Waals surface area contributed by atoms with Crippen LogP contribution in [0.25, 0.3) is 5.69 Å². The number of nitrogens with one attached hydrogen (secondary N) is 1. The molecule has 1 amide bonds. The van der Waals surface area contributed by atoms with Gasteiger partial charge in [-0.25, -0.2) is 5.43 Å². The molecule has 0 spiro atoms. The molecule has 1 heterocycles. The molecule has 3 rings (SSSR count). The molecule has 0 unspecified atom stereocenters. The van der Waals surface area contributed by atoms with E-state index in [0.29, 0.717) is 5.56 Å². The van der Waals surface area contributed by atoms with E-state index in [1.165, 1.54) is 0 Å². The number of para-hydroxylation sites is 1. The number of nitrogens with zero attached hydrogens (tertiary/aromatic N) is 2. The smallest absolute Gasteiger partial charge is 0.271 e. The average Bonchev–Trinajstić information content (AvgIpc) is 2.97. The molecular formula is C20H19N3O. The molecular weight excluding hydrogens is 298 g/mol. The minimum Gasteiger partial charge on any atom is -0.321 e. The highest BCUT2D eigenvalue weighted by molar-refractivity contribution is 5.94. The molecule has 4 heteroatoms. The number of rotatable bonds is 4. The first-order valence-corrected chi connectivity index (χ1v) is 7.78. The van der Waals surface area contributed by atoms with E-state index in [0.717, 1.165) is 22.5 Å². The van der Waals surface area contributed by atoms with Crippen molar-refractivity contribution in [1.29, 1.82) is 0 Å². The summed E-state index contributed by atoms with van der Waals surface area (Å²) in [6, 6.07) is 19.5. The summed E-state index contributed by atoms with van der Waals surface area (Å²) in [5.74, 6) is -0.217. The number of hydrogen-bond donors (Lipinski definition) is 1. The van der Waals surface area contributed by atoms with E-state index in [4.69, 9.17) is 0 Å². The quantitative estimate of drug-likeness (QED) is 0.576. The number of carbonyl (C=O) groups excluding carboxylic acids is 1. The lowest BCUT2D eigenvalue weighted by molar-refractivity contribution is 0.0955. The molecule has 0 atom stereocenters. The zero-order valence-electron chi connectivity index (χ0n) is 13.7. The second kappa shape index (κ2) is 6.96. The van der Waals surface area contributed by atoms with Gasteiger partial charge in [-0.1, -0.05) is 35.9 Å². The van der Waals surface area contributed by atoms with Crippen molar-refractivity contribution in [1.82, 2.24) is 9.99 Å². The number of benzene rings is 2. The van der Waals surface area contributed by atoms with Gasteiger partial charge in [0.15, 0.2) is 0 Å². The molecule has 2 aromatic carbocycles. The maximum atomic E-state index is 12.0. The average molecular weight is 317 g/mol. The topological polar surface area (TPSA) is 46.4 Å². The van der Waals surface area contributed by atoms with Gasteiger partial charge in [-0.2, -0.15) is 5.10 Å². The van der Waals surface area contributed by atoms with E-state index in [9.17, 15) is 4.79 Å². The Balaban J connectivity index is 1.69. The van der Waals surface area contributed by atoms with Crippen molar-refractivity contribution in [3.8, 4) is 5.69 Å². The van der Waals surface area contributed by atoms with Gasteiger partial charge >= 0.3 is 0 Å². The summed E-state index contributed by atoms with van der Waals surface area (Å²) < 4.78 is 2.09. The zero-order chi connectivity index (χ0) is 16.9. The molecule has 0 fully saturated rings. The summed E-state index contributed by atoms with van der Waals surface area (Å²) in [5.41, 5.74) is 7.40. The Morgan fingerprint density at radius 3 is 2.46 bits per heavy atom. The fourth-order valence-electron chi connectivity index (χ4n) is 2.47. The van der Waals surface area contributed by atoms with E-state index in [2.05, 4.69) is 15.1 Å². The Morgan fingerprint density at radius 1 is 1.04 bits per heavy atom. The highest BCUT2D eigenvalue weighted by Crippen LogP contribution is 2.14. The maximum absolute atomic E-state index is 12.0. The second-order valence-corrected chi connectivity index (χ2v) is 5.69. The van der Waals surface area contributed by atoms with Gasteiger partial charge in [0.05, 0.1) is 6.21 Å². The monoisotopic (exact) mass is 317 g/mol. The first kappa shape index (κ1) is 15.7. The molecule has 0 saturated carbocycles. The Kier molecular flexibility index (Phi) is 4.57. The van der Waals surface area contributed by atoms with Crippen LogP contribution in [0.4, 0.5) is 0 Å². The first-order valence-electron chi connectivity index (χ1n) is 7.78. The predicted octanol–water partition coefficient (Wildman–Crippen LogP) is 3.86. The molecule has 24 heavy (non-hydrogen) atoms. The number of aromatic nitrogens is 1. The molecule has 0 bridgehead atoms. The minimum atomic E-state index is -0.217. The minimum absolute atomic E-state index is 0.217. The van der Waals surface area contributed by atoms with E-state index in [-0.39, 0.29) is 5.91 Å². The highest BCUT2D eigenvalue weighted by atomic mass is 16.2. The fraction of sp³-hybridized carbons (Fsp3) is 0.100. The van der Waals surface area contributed by atoms with Gasteiger partial charge in [0.2, 0.25) is 0 Å². The van der Waals surface area contributed by atoms with E-state index in [1.807, 2.05) is 68.6 Å². The third-order valence-electron chi connectivity index (χ3n) is 3.76. The third-order valence-corrected chi connectivity index (χ3v) is 3.76. The molecule has 1 aromatic heterocycles. The number of aryl methyl sites for hydroxylation is 2. The van der Waals surface area contributed by atoms with E-state index in [1.54, 1.807) is 18.3 Å². The molecule has 0 aliphatic carbocycles. The first-order chi connectivity index (χ1) is 11.6. The standard InChI is InChI=1S/C20H19N3O/c1-15-8-10-18(11-9-15)20(24)22-21-13-17-12-16(2)23(14-17)19-6-4-3-5-7-19/h3-14H,1-2H3,(H,22,24)/b21-13-. The van der Waals surface area contributed by atoms with Crippen LogP contribution in [0, 0.1) is 13.8 Å². The SMILES string of the molecule is Cc1ccc(C(=O)N/N=C\c2cc(C)n(-c3ccccc3)c2)cc1. The van der Waals surface area contributed by atoms with Gasteiger partial charge in [-0.15, -0.1) is 0 Å². The lowest BCUT2D eigenvalue weighted by Gasteiger charge is -2.04. The van der Waals surface area contributed by atoms with Crippen LogP contribution < -0.4 is 5.43 Å². The van der Waals surface area contributed by atoms with Crippen LogP contribution in [0.3, 0.4) is 0 Å². The maximum Gasteiger partial charge on any atom is 0.271 e. The molecule has 0 radical (unpaired) electrons. The van der Waals surface area contributed by atoms with Gasteiger partial charge in [-0.05, 0) is 44.2 Å². The molecule has 120 valence electrons.